The number of nitrogens with zero attached hydrogens (tertiary/aromatic N) is 5. The van der Waals surface area contributed by atoms with E-state index < -0.39 is 5.69 Å². The molecule has 0 aliphatic heterocycles. The van der Waals surface area contributed by atoms with Gasteiger partial charge in [0.1, 0.15) is 11.6 Å². The summed E-state index contributed by atoms with van der Waals surface area (Å²) in [5.41, 5.74) is 2.34. The Bertz CT molecular complexity index is 1590. The van der Waals surface area contributed by atoms with Crippen LogP contribution < -0.4 is 22.7 Å². The Morgan fingerprint density at radius 1 is 0.971 bits per heavy atom. The molecule has 5 rings (SSSR count). The van der Waals surface area contributed by atoms with Gasteiger partial charge in [0.2, 0.25) is 0 Å². The maximum atomic E-state index is 14.3. The van der Waals surface area contributed by atoms with Gasteiger partial charge in [-0.2, -0.15) is 5.10 Å². The van der Waals surface area contributed by atoms with Crippen molar-refractivity contribution in [3.05, 3.63) is 70.9 Å². The number of aryl methyl sites for hydroxylation is 2. The van der Waals surface area contributed by atoms with Crippen LogP contribution in [0.5, 0.6) is 0 Å². The average molecular weight is 545 g/mol. The van der Waals surface area contributed by atoms with Crippen molar-refractivity contribution in [3.8, 4) is 17.1 Å². The van der Waals surface area contributed by atoms with E-state index in [4.69, 9.17) is 0 Å². The van der Waals surface area contributed by atoms with Crippen molar-refractivity contribution in [2.75, 3.05) is 27.7 Å². The van der Waals surface area contributed by atoms with Crippen LogP contribution in [0.4, 0.5) is 8.78 Å². The smallest absolute Gasteiger partial charge is 0.348 e. The summed E-state index contributed by atoms with van der Waals surface area (Å²) in [5.74, 6) is -0.417. The summed E-state index contributed by atoms with van der Waals surface area (Å²) in [6.07, 6.45) is 4.60. The van der Waals surface area contributed by atoms with Crippen molar-refractivity contribution in [1.82, 2.24) is 23.9 Å². The molecule has 0 amide bonds. The van der Waals surface area contributed by atoms with E-state index in [1.165, 1.54) is 28.8 Å². The number of H-pyrrole nitrogens is 1. The van der Waals surface area contributed by atoms with Crippen LogP contribution >= 0.6 is 0 Å². The van der Waals surface area contributed by atoms with E-state index in [0.717, 1.165) is 35.0 Å². The zero-order valence-electron chi connectivity index (χ0n) is 20.0. The molecule has 0 aliphatic carbocycles. The molecule has 0 unspecified atom stereocenters. The predicted octanol–water partition coefficient (Wildman–Crippen LogP) is 1.05. The first kappa shape index (κ1) is 24.9. The summed E-state index contributed by atoms with van der Waals surface area (Å²) in [6.45, 7) is 1.69. The van der Waals surface area contributed by atoms with E-state index in [1.54, 1.807) is 12.1 Å². The first-order chi connectivity index (χ1) is 16.1. The average Bonchev–Trinajstić information content (AvgIpc) is 3.40. The Balaban J connectivity index is 0.00000289. The number of halogens is 3. The second-order valence-electron chi connectivity index (χ2n) is 9.74. The molecule has 0 atom stereocenters. The van der Waals surface area contributed by atoms with Gasteiger partial charge in [-0.25, -0.2) is 23.2 Å². The maximum absolute atomic E-state index is 14.3. The molecule has 35 heavy (non-hydrogen) atoms. The zero-order valence-corrected chi connectivity index (χ0v) is 21.6. The fourth-order valence-corrected chi connectivity index (χ4v) is 4.57. The monoisotopic (exact) mass is 544 g/mol. The molecule has 7 nitrogen and oxygen atoms in total. The molecule has 1 N–H and O–H groups in total. The number of quaternary nitrogens is 1. The highest BCUT2D eigenvalue weighted by molar-refractivity contribution is 5.96. The van der Waals surface area contributed by atoms with E-state index >= 15 is 0 Å². The van der Waals surface area contributed by atoms with Crippen molar-refractivity contribution in [2.45, 2.75) is 13.0 Å². The lowest BCUT2D eigenvalue weighted by Gasteiger charge is -2.23. The third-order valence-electron chi connectivity index (χ3n) is 6.16. The van der Waals surface area contributed by atoms with Crippen molar-refractivity contribution in [3.63, 3.8) is 0 Å². The number of aromatic amines is 1. The summed E-state index contributed by atoms with van der Waals surface area (Å²) >= 11 is 0. The quantitative estimate of drug-likeness (QED) is 0.325. The Morgan fingerprint density at radius 3 is 2.31 bits per heavy atom. The van der Waals surface area contributed by atoms with Crippen LogP contribution in [0.3, 0.4) is 0 Å². The summed E-state index contributed by atoms with van der Waals surface area (Å²) in [6, 6.07) is 9.12. The van der Waals surface area contributed by atoms with E-state index in [9.17, 15) is 13.6 Å². The number of nitrogens with one attached hydrogen (secondary N) is 1. The molecule has 0 saturated heterocycles. The largest absolute Gasteiger partial charge is 1.00 e. The Morgan fingerprint density at radius 2 is 1.63 bits per heavy atom. The van der Waals surface area contributed by atoms with Gasteiger partial charge >= 0.3 is 5.69 Å². The molecule has 0 spiro atoms. The van der Waals surface area contributed by atoms with Gasteiger partial charge in [-0.1, -0.05) is 0 Å². The topological polar surface area (TPSA) is 60.5 Å². The lowest BCUT2D eigenvalue weighted by Crippen LogP contribution is -3.00. The molecule has 0 aliphatic rings. The Kier molecular flexibility index (Phi) is 6.46. The highest BCUT2D eigenvalue weighted by atomic mass is 79.9. The predicted molar refractivity (Wildman–Crippen MR) is 129 cm³/mol. The van der Waals surface area contributed by atoms with Crippen LogP contribution in [-0.4, -0.2) is 56.1 Å². The minimum Gasteiger partial charge on any atom is -1.00 e. The van der Waals surface area contributed by atoms with Gasteiger partial charge in [-0.05, 0) is 36.4 Å². The molecular formula is C25H27BrF2N6O. The van der Waals surface area contributed by atoms with Crippen molar-refractivity contribution in [1.29, 1.82) is 0 Å². The first-order valence-corrected chi connectivity index (χ1v) is 11.1. The highest BCUT2D eigenvalue weighted by Gasteiger charge is 2.21. The molecule has 0 radical (unpaired) electrons. The lowest BCUT2D eigenvalue weighted by molar-refractivity contribution is -0.870. The van der Waals surface area contributed by atoms with Crippen molar-refractivity contribution >= 4 is 21.8 Å². The van der Waals surface area contributed by atoms with Crippen molar-refractivity contribution < 1.29 is 30.2 Å². The fourth-order valence-electron chi connectivity index (χ4n) is 4.57. The number of hydrogen-bond acceptors (Lipinski definition) is 2. The van der Waals surface area contributed by atoms with Gasteiger partial charge in [0.25, 0.3) is 0 Å². The van der Waals surface area contributed by atoms with Gasteiger partial charge in [0.15, 0.2) is 5.82 Å². The van der Waals surface area contributed by atoms with Gasteiger partial charge in [-0.3, -0.25) is 0 Å². The van der Waals surface area contributed by atoms with Crippen LogP contribution in [0, 0.1) is 11.6 Å². The van der Waals surface area contributed by atoms with Crippen LogP contribution in [0.1, 0.15) is 6.42 Å². The van der Waals surface area contributed by atoms with Crippen LogP contribution in [0.2, 0.25) is 0 Å². The third-order valence-corrected chi connectivity index (χ3v) is 6.16. The summed E-state index contributed by atoms with van der Waals surface area (Å²) in [7, 11) is 8.27. The van der Waals surface area contributed by atoms with Crippen LogP contribution in [0.25, 0.3) is 38.9 Å². The van der Waals surface area contributed by atoms with Crippen LogP contribution in [0.15, 0.2) is 53.6 Å². The summed E-state index contributed by atoms with van der Waals surface area (Å²) < 4.78 is 34.6. The molecular weight excluding hydrogens is 518 g/mol. The standard InChI is InChI=1S/C25H26F2N6O.BrH/c1-30-14-20(18-12-16(26)6-8-21(18)30)24-28-29-25(34)32(24)23-15-31(10-5-11-33(2,3)4)22-9-7-17(27)13-19(22)23;/h6-9,12-15H,5,10-11H2,1-4H3;1H. The minimum atomic E-state index is -0.446. The molecule has 3 aromatic heterocycles. The van der Waals surface area contributed by atoms with Gasteiger partial charge in [0.05, 0.1) is 38.9 Å². The number of rotatable bonds is 6. The molecule has 5 aromatic rings. The Hall–Kier alpha value is -3.24. The molecule has 0 fully saturated rings. The van der Waals surface area contributed by atoms with Crippen molar-refractivity contribution in [2.24, 2.45) is 7.05 Å². The van der Waals surface area contributed by atoms with Gasteiger partial charge < -0.3 is 30.6 Å². The third kappa shape index (κ3) is 4.55. The molecule has 0 saturated carbocycles. The lowest BCUT2D eigenvalue weighted by atomic mass is 10.1. The highest BCUT2D eigenvalue weighted by Crippen LogP contribution is 2.32. The SMILES string of the molecule is Cn1cc(-c2n[nH]c(=O)n2-c2cn(CCC[N+](C)(C)C)c3ccc(F)cc23)c2cc(F)ccc21.[Br-]. The first-order valence-electron chi connectivity index (χ1n) is 11.1. The van der Waals surface area contributed by atoms with Gasteiger partial charge in [0, 0.05) is 54.3 Å². The second-order valence-corrected chi connectivity index (χ2v) is 9.74. The second kappa shape index (κ2) is 9.09. The van der Waals surface area contributed by atoms with E-state index in [-0.39, 0.29) is 28.6 Å². The summed E-state index contributed by atoms with van der Waals surface area (Å²) in [4.78, 5) is 13.0. The molecule has 2 aromatic carbocycles. The zero-order chi connectivity index (χ0) is 24.2. The van der Waals surface area contributed by atoms with Crippen LogP contribution in [-0.2, 0) is 13.6 Å². The number of fused-ring (bicyclic) bond motifs is 2. The maximum Gasteiger partial charge on any atom is 0.348 e. The molecule has 0 bridgehead atoms. The normalized spacial score (nSPS) is 11.9. The fraction of sp³-hybridized carbons (Fsp3) is 0.280. The number of benzene rings is 2. The van der Waals surface area contributed by atoms with E-state index in [1.807, 2.05) is 28.6 Å². The minimum absolute atomic E-state index is 0. The molecule has 184 valence electrons. The van der Waals surface area contributed by atoms with E-state index in [2.05, 4.69) is 31.3 Å². The van der Waals surface area contributed by atoms with Gasteiger partial charge in [-0.15, -0.1) is 0 Å². The summed E-state index contributed by atoms with van der Waals surface area (Å²) in [5, 5.41) is 8.05. The number of aromatic nitrogens is 5. The number of hydrogen-bond donors (Lipinski definition) is 1. The molecule has 3 heterocycles. The Labute approximate surface area is 211 Å². The molecule has 10 heteroatoms. The van der Waals surface area contributed by atoms with E-state index in [0.29, 0.717) is 27.8 Å².